The number of hydrogen-bond donors (Lipinski definition) is 2. The van der Waals surface area contributed by atoms with Crippen molar-refractivity contribution in [1.29, 1.82) is 0 Å². The van der Waals surface area contributed by atoms with Gasteiger partial charge in [0.2, 0.25) is 0 Å². The Balaban J connectivity index is 0.00000288. The van der Waals surface area contributed by atoms with Gasteiger partial charge in [-0.1, -0.05) is 57.9 Å². The fourth-order valence-electron chi connectivity index (χ4n) is 2.86. The van der Waals surface area contributed by atoms with Gasteiger partial charge in [-0.15, -0.1) is 23.7 Å². The molecule has 0 radical (unpaired) electrons. The number of nitrogens with two attached hydrogens (primary N) is 2. The average molecular weight is 370 g/mol. The minimum absolute atomic E-state index is 0. The van der Waals surface area contributed by atoms with Crippen molar-refractivity contribution in [3.8, 4) is 0 Å². The first-order valence-corrected chi connectivity index (χ1v) is 9.91. The second-order valence-corrected chi connectivity index (χ2v) is 7.48. The third-order valence-corrected chi connectivity index (χ3v) is 5.51. The van der Waals surface area contributed by atoms with Crippen molar-refractivity contribution in [2.24, 2.45) is 11.5 Å². The number of aryl methyl sites for hydroxylation is 1. The summed E-state index contributed by atoms with van der Waals surface area (Å²) in [7, 11) is 0. The maximum Gasteiger partial charge on any atom is 0.112 e. The van der Waals surface area contributed by atoms with E-state index >= 15 is 0 Å². The second-order valence-electron chi connectivity index (χ2n) is 6.42. The fourth-order valence-corrected chi connectivity index (χ4v) is 3.91. The third kappa shape index (κ3) is 6.67. The van der Waals surface area contributed by atoms with Crippen LogP contribution in [0.2, 0.25) is 0 Å². The van der Waals surface area contributed by atoms with Crippen LogP contribution < -0.4 is 11.5 Å². The van der Waals surface area contributed by atoms with Gasteiger partial charge in [-0.2, -0.15) is 0 Å². The van der Waals surface area contributed by atoms with Gasteiger partial charge < -0.3 is 11.5 Å². The Morgan fingerprint density at radius 2 is 1.71 bits per heavy atom. The maximum atomic E-state index is 5.98. The first kappa shape index (κ1) is 21.4. The molecule has 1 unspecified atom stereocenters. The summed E-state index contributed by atoms with van der Waals surface area (Å²) in [6.45, 7) is 2.72. The monoisotopic (exact) mass is 369 g/mol. The lowest BCUT2D eigenvalue weighted by Gasteiger charge is -2.02. The SMILES string of the molecule is CCCCCCCCCCc1ccc2nc(C(N)CN)sc2c1.Cl. The van der Waals surface area contributed by atoms with Crippen LogP contribution in [0.25, 0.3) is 10.2 Å². The van der Waals surface area contributed by atoms with Crippen molar-refractivity contribution in [2.75, 3.05) is 6.54 Å². The Morgan fingerprint density at radius 1 is 1.04 bits per heavy atom. The summed E-state index contributed by atoms with van der Waals surface area (Å²) in [5, 5.41) is 0.951. The number of aromatic nitrogens is 1. The van der Waals surface area contributed by atoms with Crippen LogP contribution in [-0.4, -0.2) is 11.5 Å². The van der Waals surface area contributed by atoms with Crippen LogP contribution >= 0.6 is 23.7 Å². The quantitative estimate of drug-likeness (QED) is 0.524. The van der Waals surface area contributed by atoms with Crippen LogP contribution in [0.3, 0.4) is 0 Å². The van der Waals surface area contributed by atoms with Crippen LogP contribution in [0.15, 0.2) is 18.2 Å². The van der Waals surface area contributed by atoms with E-state index < -0.39 is 0 Å². The van der Waals surface area contributed by atoms with Gasteiger partial charge in [0.25, 0.3) is 0 Å². The smallest absolute Gasteiger partial charge is 0.112 e. The van der Waals surface area contributed by atoms with E-state index in [-0.39, 0.29) is 18.4 Å². The van der Waals surface area contributed by atoms with Crippen LogP contribution in [0, 0.1) is 0 Å². The molecule has 0 saturated heterocycles. The summed E-state index contributed by atoms with van der Waals surface area (Å²) in [5.74, 6) is 0. The summed E-state index contributed by atoms with van der Waals surface area (Å²) in [6, 6.07) is 6.48. The van der Waals surface area contributed by atoms with Gasteiger partial charge in [0.05, 0.1) is 16.3 Å². The Labute approximate surface area is 156 Å². The number of halogens is 1. The van der Waals surface area contributed by atoms with Gasteiger partial charge in [-0.05, 0) is 30.5 Å². The lowest BCUT2D eigenvalue weighted by atomic mass is 10.0. The third-order valence-electron chi connectivity index (χ3n) is 4.36. The Hall–Kier alpha value is -0.680. The van der Waals surface area contributed by atoms with E-state index in [0.717, 1.165) is 10.5 Å². The number of unbranched alkanes of at least 4 members (excludes halogenated alkanes) is 7. The molecule has 1 atom stereocenters. The topological polar surface area (TPSA) is 64.9 Å². The highest BCUT2D eigenvalue weighted by atomic mass is 35.5. The van der Waals surface area contributed by atoms with E-state index in [0.29, 0.717) is 6.54 Å². The summed E-state index contributed by atoms with van der Waals surface area (Å²) in [6.07, 6.45) is 12.1. The summed E-state index contributed by atoms with van der Waals surface area (Å²) >= 11 is 1.68. The standard InChI is InChI=1S/C19H31N3S.ClH/c1-2-3-4-5-6-7-8-9-10-15-11-12-17-18(13-15)23-19(22-17)16(21)14-20;/h11-13,16H,2-10,14,20-21H2,1H3;1H. The molecule has 0 saturated carbocycles. The molecule has 3 nitrogen and oxygen atoms in total. The van der Waals surface area contributed by atoms with Crippen molar-refractivity contribution in [2.45, 2.75) is 70.8 Å². The zero-order valence-electron chi connectivity index (χ0n) is 14.8. The van der Waals surface area contributed by atoms with Crippen molar-refractivity contribution in [1.82, 2.24) is 4.98 Å². The van der Waals surface area contributed by atoms with Crippen LogP contribution in [-0.2, 0) is 6.42 Å². The summed E-state index contributed by atoms with van der Waals surface area (Å²) in [4.78, 5) is 4.58. The second kappa shape index (κ2) is 11.8. The number of thiazole rings is 1. The predicted octanol–water partition coefficient (Wildman–Crippen LogP) is 5.36. The first-order chi connectivity index (χ1) is 11.2. The molecule has 24 heavy (non-hydrogen) atoms. The molecule has 0 fully saturated rings. The summed E-state index contributed by atoms with van der Waals surface area (Å²) < 4.78 is 1.24. The van der Waals surface area contributed by atoms with E-state index in [2.05, 4.69) is 30.1 Å². The van der Waals surface area contributed by atoms with Gasteiger partial charge >= 0.3 is 0 Å². The van der Waals surface area contributed by atoms with E-state index in [9.17, 15) is 0 Å². The van der Waals surface area contributed by atoms with Gasteiger partial charge in [0.15, 0.2) is 0 Å². The molecule has 2 aromatic rings. The van der Waals surface area contributed by atoms with Crippen molar-refractivity contribution >= 4 is 34.0 Å². The Bertz CT molecular complexity index is 585. The molecule has 1 aromatic carbocycles. The molecular weight excluding hydrogens is 338 g/mol. The number of nitrogens with zero attached hydrogens (tertiary/aromatic N) is 1. The Morgan fingerprint density at radius 3 is 2.38 bits per heavy atom. The molecule has 0 aliphatic heterocycles. The van der Waals surface area contributed by atoms with Gasteiger partial charge in [-0.3, -0.25) is 0 Å². The van der Waals surface area contributed by atoms with Crippen molar-refractivity contribution in [3.05, 3.63) is 28.8 Å². The zero-order valence-corrected chi connectivity index (χ0v) is 16.4. The minimum Gasteiger partial charge on any atom is -0.329 e. The molecule has 2 rings (SSSR count). The molecule has 5 heteroatoms. The normalized spacial score (nSPS) is 12.3. The lowest BCUT2D eigenvalue weighted by Crippen LogP contribution is -2.20. The van der Waals surface area contributed by atoms with Gasteiger partial charge in [0.1, 0.15) is 5.01 Å². The van der Waals surface area contributed by atoms with E-state index in [4.69, 9.17) is 11.5 Å². The number of benzene rings is 1. The first-order valence-electron chi connectivity index (χ1n) is 9.09. The number of fused-ring (bicyclic) bond motifs is 1. The van der Waals surface area contributed by atoms with Crippen LogP contribution in [0.1, 0.15) is 74.9 Å². The number of rotatable bonds is 11. The van der Waals surface area contributed by atoms with E-state index in [1.54, 1.807) is 11.3 Å². The predicted molar refractivity (Wildman–Crippen MR) is 109 cm³/mol. The van der Waals surface area contributed by atoms with E-state index in [1.165, 1.54) is 68.1 Å². The van der Waals surface area contributed by atoms with Crippen LogP contribution in [0.5, 0.6) is 0 Å². The fraction of sp³-hybridized carbons (Fsp3) is 0.632. The minimum atomic E-state index is -0.136. The molecule has 136 valence electrons. The van der Waals surface area contributed by atoms with Crippen molar-refractivity contribution < 1.29 is 0 Å². The summed E-state index contributed by atoms with van der Waals surface area (Å²) in [5.41, 5.74) is 14.1. The molecule has 1 aromatic heterocycles. The lowest BCUT2D eigenvalue weighted by molar-refractivity contribution is 0.575. The zero-order chi connectivity index (χ0) is 16.5. The molecule has 0 aliphatic carbocycles. The van der Waals surface area contributed by atoms with Crippen molar-refractivity contribution in [3.63, 3.8) is 0 Å². The maximum absolute atomic E-state index is 5.98. The molecule has 4 N–H and O–H groups in total. The average Bonchev–Trinajstić information content (AvgIpc) is 2.99. The Kier molecular flexibility index (Phi) is 10.5. The molecular formula is C19H32ClN3S. The molecule has 0 aliphatic rings. The molecule has 0 amide bonds. The molecule has 1 heterocycles. The highest BCUT2D eigenvalue weighted by Gasteiger charge is 2.10. The highest BCUT2D eigenvalue weighted by molar-refractivity contribution is 7.18. The van der Waals surface area contributed by atoms with Crippen LogP contribution in [0.4, 0.5) is 0 Å². The highest BCUT2D eigenvalue weighted by Crippen LogP contribution is 2.26. The molecule has 0 spiro atoms. The van der Waals surface area contributed by atoms with E-state index in [1.807, 2.05) is 0 Å². The molecule has 0 bridgehead atoms. The van der Waals surface area contributed by atoms with Gasteiger partial charge in [0, 0.05) is 6.54 Å². The largest absolute Gasteiger partial charge is 0.329 e. The van der Waals surface area contributed by atoms with Gasteiger partial charge in [-0.25, -0.2) is 4.98 Å². The number of hydrogen-bond acceptors (Lipinski definition) is 4.